The summed E-state index contributed by atoms with van der Waals surface area (Å²) in [5.41, 5.74) is 12.9. The van der Waals surface area contributed by atoms with Gasteiger partial charge in [-0.1, -0.05) is 19.6 Å². The lowest BCUT2D eigenvalue weighted by Crippen LogP contribution is -2.22. The molecule has 38 heavy (non-hydrogen) atoms. The fraction of sp³-hybridized carbons (Fsp3) is 0.259. The van der Waals surface area contributed by atoms with E-state index in [9.17, 15) is 18.4 Å². The molecule has 1 amide bonds. The van der Waals surface area contributed by atoms with Crippen LogP contribution in [0, 0.1) is 11.6 Å². The third-order valence-corrected chi connectivity index (χ3v) is 7.84. The highest BCUT2D eigenvalue weighted by Gasteiger charge is 2.21. The molecule has 0 aliphatic carbocycles. The number of fused-ring (bicyclic) bond motifs is 1. The summed E-state index contributed by atoms with van der Waals surface area (Å²) in [6, 6.07) is 8.36. The van der Waals surface area contributed by atoms with Gasteiger partial charge in [0.2, 0.25) is 0 Å². The van der Waals surface area contributed by atoms with Crippen LogP contribution in [0.1, 0.15) is 10.4 Å². The van der Waals surface area contributed by atoms with E-state index in [0.717, 1.165) is 18.2 Å². The van der Waals surface area contributed by atoms with Gasteiger partial charge in [0, 0.05) is 57.0 Å². The van der Waals surface area contributed by atoms with E-state index in [1.807, 2.05) is 0 Å². The number of carbonyl (C=O) groups excluding carboxylic acids is 1. The van der Waals surface area contributed by atoms with Crippen molar-refractivity contribution in [3.63, 3.8) is 0 Å². The minimum atomic E-state index is -1.30. The Morgan fingerprint density at radius 3 is 2.45 bits per heavy atom. The second-order valence-electron chi connectivity index (χ2n) is 10.3. The largest absolute Gasteiger partial charge is 0.454 e. The summed E-state index contributed by atoms with van der Waals surface area (Å²) in [5, 5.41) is 0.426. The Morgan fingerprint density at radius 2 is 1.79 bits per heavy atom. The zero-order valence-corrected chi connectivity index (χ0v) is 22.7. The molecule has 2 aromatic heterocycles. The predicted molar refractivity (Wildman–Crippen MR) is 146 cm³/mol. The average molecular weight is 541 g/mol. The van der Waals surface area contributed by atoms with Gasteiger partial charge >= 0.3 is 0 Å². The number of primary amides is 1. The molecule has 4 N–H and O–H groups in total. The smallest absolute Gasteiger partial charge is 0.259 e. The molecule has 0 fully saturated rings. The van der Waals surface area contributed by atoms with E-state index >= 15 is 0 Å². The molecule has 0 unspecified atom stereocenters. The lowest BCUT2D eigenvalue weighted by Gasteiger charge is -2.18. The Hall–Kier alpha value is -3.96. The van der Waals surface area contributed by atoms with E-state index in [1.165, 1.54) is 16.7 Å². The van der Waals surface area contributed by atoms with Crippen molar-refractivity contribution in [3.8, 4) is 22.6 Å². The molecule has 200 valence electrons. The van der Waals surface area contributed by atoms with Crippen LogP contribution < -0.4 is 21.8 Å². The first-order valence-corrected chi connectivity index (χ1v) is 15.7. The zero-order valence-electron chi connectivity index (χ0n) is 21.7. The van der Waals surface area contributed by atoms with Gasteiger partial charge in [0.1, 0.15) is 18.3 Å². The van der Waals surface area contributed by atoms with Gasteiger partial charge in [-0.3, -0.25) is 9.59 Å². The Morgan fingerprint density at radius 1 is 1.05 bits per heavy atom. The molecule has 4 rings (SSSR count). The number of amides is 1. The van der Waals surface area contributed by atoms with E-state index in [0.29, 0.717) is 34.7 Å². The molecule has 0 atom stereocenters. The Kier molecular flexibility index (Phi) is 7.43. The van der Waals surface area contributed by atoms with Crippen LogP contribution in [0.15, 0.2) is 53.6 Å². The van der Waals surface area contributed by atoms with Gasteiger partial charge in [-0.2, -0.15) is 0 Å². The van der Waals surface area contributed by atoms with Crippen molar-refractivity contribution in [1.82, 2.24) is 9.13 Å². The SMILES string of the molecule is Cn1cc(-c2cc(N)c(C(N)=O)cc2Oc2ccc(F)cc2F)c2c(ccn2COCC[Si](C)(C)C)c1=O. The van der Waals surface area contributed by atoms with Crippen LogP contribution in [0.25, 0.3) is 22.0 Å². The molecule has 0 saturated carbocycles. The fourth-order valence-corrected chi connectivity index (χ4v) is 4.83. The lowest BCUT2D eigenvalue weighted by molar-refractivity contribution is 0.0903. The number of nitrogens with zero attached hydrogens (tertiary/aromatic N) is 2. The molecule has 0 radical (unpaired) electrons. The van der Waals surface area contributed by atoms with E-state index in [1.54, 1.807) is 30.1 Å². The quantitative estimate of drug-likeness (QED) is 0.175. The number of aryl methyl sites for hydroxylation is 1. The number of nitrogens with two attached hydrogens (primary N) is 2. The number of ether oxygens (including phenoxy) is 2. The van der Waals surface area contributed by atoms with Gasteiger partial charge < -0.3 is 30.1 Å². The Labute approximate surface area is 219 Å². The van der Waals surface area contributed by atoms with E-state index in [-0.39, 0.29) is 35.0 Å². The molecular formula is C27H30F2N4O4Si. The fourth-order valence-electron chi connectivity index (χ4n) is 4.08. The molecule has 11 heteroatoms. The number of hydrogen-bond donors (Lipinski definition) is 2. The summed E-state index contributed by atoms with van der Waals surface area (Å²) in [7, 11) is 0.309. The van der Waals surface area contributed by atoms with Crippen LogP contribution in [0.5, 0.6) is 11.5 Å². The van der Waals surface area contributed by atoms with Crippen molar-refractivity contribution in [2.24, 2.45) is 12.8 Å². The summed E-state index contributed by atoms with van der Waals surface area (Å²) in [6.07, 6.45) is 3.36. The van der Waals surface area contributed by atoms with Crippen molar-refractivity contribution in [2.75, 3.05) is 12.3 Å². The third kappa shape index (κ3) is 5.63. The van der Waals surface area contributed by atoms with Gasteiger partial charge in [0.15, 0.2) is 11.6 Å². The van der Waals surface area contributed by atoms with Crippen molar-refractivity contribution < 1.29 is 23.0 Å². The standard InChI is InChI=1S/C27H30F2N4O4Si/c1-32-14-20(25-17(27(32)35)7-8-33(25)15-36-9-10-38(2,3)4)18-12-22(30)19(26(31)34)13-24(18)37-23-6-5-16(28)11-21(23)29/h5-8,11-14H,9-10,15,30H2,1-4H3,(H2,31,34). The first-order valence-electron chi connectivity index (χ1n) is 12.0. The number of anilines is 1. The highest BCUT2D eigenvalue weighted by molar-refractivity contribution is 6.76. The molecule has 8 nitrogen and oxygen atoms in total. The summed E-state index contributed by atoms with van der Waals surface area (Å²) in [6.45, 7) is 7.55. The number of hydrogen-bond acceptors (Lipinski definition) is 5. The highest BCUT2D eigenvalue weighted by Crippen LogP contribution is 2.40. The molecule has 2 heterocycles. The van der Waals surface area contributed by atoms with Crippen molar-refractivity contribution >= 4 is 30.6 Å². The summed E-state index contributed by atoms with van der Waals surface area (Å²) < 4.78 is 43.0. The van der Waals surface area contributed by atoms with Crippen LogP contribution in [0.3, 0.4) is 0 Å². The monoisotopic (exact) mass is 540 g/mol. The minimum absolute atomic E-state index is 0.0302. The first-order chi connectivity index (χ1) is 17.9. The van der Waals surface area contributed by atoms with Gasteiger partial charge in [0.25, 0.3) is 11.5 Å². The maximum atomic E-state index is 14.5. The zero-order chi connectivity index (χ0) is 27.8. The van der Waals surface area contributed by atoms with E-state index in [2.05, 4.69) is 19.6 Å². The number of benzene rings is 2. The molecule has 2 aromatic carbocycles. The maximum Gasteiger partial charge on any atom is 0.259 e. The Balaban J connectivity index is 1.89. The van der Waals surface area contributed by atoms with Crippen molar-refractivity contribution in [1.29, 1.82) is 0 Å². The van der Waals surface area contributed by atoms with Gasteiger partial charge in [-0.25, -0.2) is 8.78 Å². The average Bonchev–Trinajstić information content (AvgIpc) is 3.25. The number of halogens is 2. The van der Waals surface area contributed by atoms with Crippen LogP contribution in [0.4, 0.5) is 14.5 Å². The third-order valence-electron chi connectivity index (χ3n) is 6.14. The minimum Gasteiger partial charge on any atom is -0.454 e. The van der Waals surface area contributed by atoms with Crippen LogP contribution in [-0.2, 0) is 18.5 Å². The number of nitrogen functional groups attached to an aromatic ring is 1. The Bertz CT molecular complexity index is 1590. The number of pyridine rings is 1. The normalized spacial score (nSPS) is 11.7. The maximum absolute atomic E-state index is 14.5. The lowest BCUT2D eigenvalue weighted by atomic mass is 10.00. The molecule has 0 aliphatic heterocycles. The van der Waals surface area contributed by atoms with Crippen LogP contribution >= 0.6 is 0 Å². The van der Waals surface area contributed by atoms with Gasteiger partial charge in [-0.15, -0.1) is 0 Å². The topological polar surface area (TPSA) is 114 Å². The van der Waals surface area contributed by atoms with Crippen molar-refractivity contribution in [2.45, 2.75) is 32.4 Å². The number of aromatic nitrogens is 2. The highest BCUT2D eigenvalue weighted by atomic mass is 28.3. The summed E-state index contributed by atoms with van der Waals surface area (Å²) in [5.74, 6) is -2.72. The molecule has 0 aliphatic rings. The molecule has 0 bridgehead atoms. The summed E-state index contributed by atoms with van der Waals surface area (Å²) >= 11 is 0. The van der Waals surface area contributed by atoms with Crippen molar-refractivity contribution in [3.05, 3.63) is 76.3 Å². The van der Waals surface area contributed by atoms with E-state index in [4.69, 9.17) is 20.9 Å². The summed E-state index contributed by atoms with van der Waals surface area (Å²) in [4.78, 5) is 25.0. The van der Waals surface area contributed by atoms with Crippen LogP contribution in [-0.4, -0.2) is 29.7 Å². The number of carbonyl (C=O) groups is 1. The number of rotatable bonds is 9. The van der Waals surface area contributed by atoms with Gasteiger partial charge in [0.05, 0.1) is 16.5 Å². The molecular weight excluding hydrogens is 510 g/mol. The second kappa shape index (κ2) is 10.4. The molecule has 4 aromatic rings. The van der Waals surface area contributed by atoms with Crippen LogP contribution in [0.2, 0.25) is 25.7 Å². The molecule has 0 saturated heterocycles. The predicted octanol–water partition coefficient (Wildman–Crippen LogP) is 5.07. The van der Waals surface area contributed by atoms with Gasteiger partial charge in [-0.05, 0) is 36.4 Å². The second-order valence-corrected chi connectivity index (χ2v) is 16.0. The first kappa shape index (κ1) is 27.1. The van der Waals surface area contributed by atoms with E-state index < -0.39 is 25.6 Å². The molecule has 0 spiro atoms.